The lowest BCUT2D eigenvalue weighted by Gasteiger charge is -2.21. The van der Waals surface area contributed by atoms with Crippen molar-refractivity contribution >= 4 is 6.03 Å². The van der Waals surface area contributed by atoms with Crippen LogP contribution in [0.3, 0.4) is 0 Å². The number of aliphatic hydroxyl groups excluding tert-OH is 1. The molecule has 15 heavy (non-hydrogen) atoms. The van der Waals surface area contributed by atoms with Crippen molar-refractivity contribution in [2.75, 3.05) is 19.6 Å². The van der Waals surface area contributed by atoms with Crippen LogP contribution in [0.5, 0.6) is 0 Å². The fourth-order valence-corrected chi connectivity index (χ4v) is 1.46. The minimum Gasteiger partial charge on any atom is -0.391 e. The fraction of sp³-hybridized carbons (Fsp3) is 0.909. The Morgan fingerprint density at radius 3 is 2.27 bits per heavy atom. The SMILES string of the molecule is CCN(CC)C(=O)NCC(O)CC(C)C. The lowest BCUT2D eigenvalue weighted by Crippen LogP contribution is -2.42. The van der Waals surface area contributed by atoms with Crippen molar-refractivity contribution in [2.24, 2.45) is 5.92 Å². The third-order valence-corrected chi connectivity index (χ3v) is 2.28. The summed E-state index contributed by atoms with van der Waals surface area (Å²) in [7, 11) is 0. The van der Waals surface area contributed by atoms with Gasteiger partial charge in [0.1, 0.15) is 0 Å². The first-order chi connectivity index (χ1) is 7.01. The van der Waals surface area contributed by atoms with Gasteiger partial charge in [-0.3, -0.25) is 0 Å². The van der Waals surface area contributed by atoms with E-state index in [2.05, 4.69) is 19.2 Å². The summed E-state index contributed by atoms with van der Waals surface area (Å²) in [5.74, 6) is 0.449. The molecule has 2 amide bonds. The van der Waals surface area contributed by atoms with E-state index in [1.54, 1.807) is 4.90 Å². The van der Waals surface area contributed by atoms with E-state index in [1.165, 1.54) is 0 Å². The van der Waals surface area contributed by atoms with Crippen molar-refractivity contribution in [3.8, 4) is 0 Å². The van der Waals surface area contributed by atoms with E-state index in [-0.39, 0.29) is 6.03 Å². The quantitative estimate of drug-likeness (QED) is 0.706. The van der Waals surface area contributed by atoms with Crippen LogP contribution < -0.4 is 5.32 Å². The normalized spacial score (nSPS) is 12.7. The summed E-state index contributed by atoms with van der Waals surface area (Å²) in [5.41, 5.74) is 0. The Morgan fingerprint density at radius 2 is 1.87 bits per heavy atom. The van der Waals surface area contributed by atoms with Gasteiger partial charge in [0.2, 0.25) is 0 Å². The van der Waals surface area contributed by atoms with E-state index in [9.17, 15) is 9.90 Å². The first-order valence-corrected chi connectivity index (χ1v) is 5.72. The number of nitrogens with zero attached hydrogens (tertiary/aromatic N) is 1. The predicted molar refractivity (Wildman–Crippen MR) is 61.8 cm³/mol. The zero-order valence-electron chi connectivity index (χ0n) is 10.3. The second-order valence-electron chi connectivity index (χ2n) is 4.14. The van der Waals surface area contributed by atoms with Crippen LogP contribution in [0.2, 0.25) is 0 Å². The monoisotopic (exact) mass is 216 g/mol. The van der Waals surface area contributed by atoms with Gasteiger partial charge in [-0.05, 0) is 26.2 Å². The summed E-state index contributed by atoms with van der Waals surface area (Å²) >= 11 is 0. The number of carbonyl (C=O) groups excluding carboxylic acids is 1. The molecule has 2 N–H and O–H groups in total. The molecule has 0 aromatic heterocycles. The smallest absolute Gasteiger partial charge is 0.317 e. The van der Waals surface area contributed by atoms with Gasteiger partial charge in [-0.25, -0.2) is 4.79 Å². The first kappa shape index (κ1) is 14.2. The third kappa shape index (κ3) is 6.33. The van der Waals surface area contributed by atoms with Gasteiger partial charge in [0, 0.05) is 19.6 Å². The maximum Gasteiger partial charge on any atom is 0.317 e. The molecule has 0 rings (SSSR count). The van der Waals surface area contributed by atoms with Crippen molar-refractivity contribution in [3.63, 3.8) is 0 Å². The van der Waals surface area contributed by atoms with Gasteiger partial charge in [0.15, 0.2) is 0 Å². The molecule has 90 valence electrons. The molecule has 0 aromatic rings. The van der Waals surface area contributed by atoms with E-state index >= 15 is 0 Å². The second-order valence-corrected chi connectivity index (χ2v) is 4.14. The molecule has 4 nitrogen and oxygen atoms in total. The number of hydrogen-bond acceptors (Lipinski definition) is 2. The molecule has 0 radical (unpaired) electrons. The summed E-state index contributed by atoms with van der Waals surface area (Å²) in [6.07, 6.45) is 0.280. The van der Waals surface area contributed by atoms with Crippen LogP contribution in [0.15, 0.2) is 0 Å². The molecule has 0 bridgehead atoms. The topological polar surface area (TPSA) is 52.6 Å². The highest BCUT2D eigenvalue weighted by atomic mass is 16.3. The summed E-state index contributed by atoms with van der Waals surface area (Å²) in [6, 6.07) is -0.0946. The second kappa shape index (κ2) is 7.51. The largest absolute Gasteiger partial charge is 0.391 e. The third-order valence-electron chi connectivity index (χ3n) is 2.28. The summed E-state index contributed by atoms with van der Waals surface area (Å²) in [4.78, 5) is 13.2. The van der Waals surface area contributed by atoms with E-state index in [0.29, 0.717) is 25.6 Å². The number of hydrogen-bond donors (Lipinski definition) is 2. The Bertz CT molecular complexity index is 179. The van der Waals surface area contributed by atoms with E-state index in [0.717, 1.165) is 6.42 Å². The van der Waals surface area contributed by atoms with E-state index in [1.807, 2.05) is 13.8 Å². The van der Waals surface area contributed by atoms with Gasteiger partial charge < -0.3 is 15.3 Å². The van der Waals surface area contributed by atoms with Gasteiger partial charge in [0.05, 0.1) is 6.10 Å². The summed E-state index contributed by atoms with van der Waals surface area (Å²) in [6.45, 7) is 9.71. The number of amides is 2. The van der Waals surface area contributed by atoms with Gasteiger partial charge in [-0.1, -0.05) is 13.8 Å². The highest BCUT2D eigenvalue weighted by Crippen LogP contribution is 2.03. The molecule has 0 aromatic carbocycles. The average molecular weight is 216 g/mol. The van der Waals surface area contributed by atoms with Crippen LogP contribution in [0, 0.1) is 5.92 Å². The number of aliphatic hydroxyl groups is 1. The van der Waals surface area contributed by atoms with Crippen LogP contribution >= 0.6 is 0 Å². The Labute approximate surface area is 92.7 Å². The Balaban J connectivity index is 3.79. The van der Waals surface area contributed by atoms with E-state index in [4.69, 9.17) is 0 Å². The van der Waals surface area contributed by atoms with Crippen LogP contribution in [0.1, 0.15) is 34.1 Å². The van der Waals surface area contributed by atoms with E-state index < -0.39 is 6.10 Å². The fourth-order valence-electron chi connectivity index (χ4n) is 1.46. The Kier molecular flexibility index (Phi) is 7.13. The number of rotatable bonds is 6. The first-order valence-electron chi connectivity index (χ1n) is 5.72. The molecule has 1 unspecified atom stereocenters. The van der Waals surface area contributed by atoms with Crippen LogP contribution in [0.4, 0.5) is 4.79 Å². The molecule has 0 aliphatic heterocycles. The van der Waals surface area contributed by atoms with Crippen molar-refractivity contribution in [2.45, 2.75) is 40.2 Å². The highest BCUT2D eigenvalue weighted by molar-refractivity contribution is 5.74. The molecule has 0 aliphatic carbocycles. The van der Waals surface area contributed by atoms with Crippen molar-refractivity contribution in [1.29, 1.82) is 0 Å². The number of urea groups is 1. The zero-order valence-corrected chi connectivity index (χ0v) is 10.3. The lowest BCUT2D eigenvalue weighted by molar-refractivity contribution is 0.141. The molecule has 0 fully saturated rings. The zero-order chi connectivity index (χ0) is 11.8. The molecular weight excluding hydrogens is 192 g/mol. The van der Waals surface area contributed by atoms with Gasteiger partial charge in [-0.2, -0.15) is 0 Å². The highest BCUT2D eigenvalue weighted by Gasteiger charge is 2.11. The van der Waals surface area contributed by atoms with Crippen molar-refractivity contribution < 1.29 is 9.90 Å². The van der Waals surface area contributed by atoms with Gasteiger partial charge in [0.25, 0.3) is 0 Å². The van der Waals surface area contributed by atoms with Gasteiger partial charge >= 0.3 is 6.03 Å². The minimum atomic E-state index is -0.440. The number of nitrogens with one attached hydrogen (secondary N) is 1. The van der Waals surface area contributed by atoms with Crippen molar-refractivity contribution in [1.82, 2.24) is 10.2 Å². The lowest BCUT2D eigenvalue weighted by atomic mass is 10.1. The number of carbonyl (C=O) groups is 1. The molecule has 0 saturated heterocycles. The maximum absolute atomic E-state index is 11.5. The summed E-state index contributed by atoms with van der Waals surface area (Å²) in [5, 5.41) is 12.3. The molecule has 1 atom stereocenters. The van der Waals surface area contributed by atoms with Crippen molar-refractivity contribution in [3.05, 3.63) is 0 Å². The maximum atomic E-state index is 11.5. The molecule has 0 heterocycles. The van der Waals surface area contributed by atoms with Crippen LogP contribution in [-0.4, -0.2) is 41.8 Å². The molecule has 4 heteroatoms. The predicted octanol–water partition coefficient (Wildman–Crippen LogP) is 1.44. The molecule has 0 spiro atoms. The van der Waals surface area contributed by atoms with Crippen LogP contribution in [-0.2, 0) is 0 Å². The molecular formula is C11H24N2O2. The van der Waals surface area contributed by atoms with Gasteiger partial charge in [-0.15, -0.1) is 0 Å². The Morgan fingerprint density at radius 1 is 1.33 bits per heavy atom. The Hall–Kier alpha value is -0.770. The standard InChI is InChI=1S/C11H24N2O2/c1-5-13(6-2)11(15)12-8-10(14)7-9(3)4/h9-10,14H,5-8H2,1-4H3,(H,12,15). The van der Waals surface area contributed by atoms with Crippen LogP contribution in [0.25, 0.3) is 0 Å². The molecule has 0 aliphatic rings. The minimum absolute atomic E-state index is 0.0946. The average Bonchev–Trinajstić information content (AvgIpc) is 2.15. The summed E-state index contributed by atoms with van der Waals surface area (Å²) < 4.78 is 0. The molecule has 0 saturated carbocycles.